The molecule has 0 unspecified atom stereocenters. The third-order valence-corrected chi connectivity index (χ3v) is 4.35. The Labute approximate surface area is 132 Å². The Bertz CT molecular complexity index is 493. The Morgan fingerprint density at radius 1 is 1.23 bits per heavy atom. The van der Waals surface area contributed by atoms with Crippen molar-refractivity contribution < 1.29 is 9.59 Å². The molecule has 1 atom stereocenters. The Kier molecular flexibility index (Phi) is 6.13. The van der Waals surface area contributed by atoms with Gasteiger partial charge in [-0.1, -0.05) is 37.3 Å². The summed E-state index contributed by atoms with van der Waals surface area (Å²) >= 11 is 0. The van der Waals surface area contributed by atoms with Gasteiger partial charge >= 0.3 is 0 Å². The molecule has 1 aromatic carbocycles. The first-order valence-electron chi connectivity index (χ1n) is 8.10. The lowest BCUT2D eigenvalue weighted by molar-refractivity contribution is -0.127. The molecule has 22 heavy (non-hydrogen) atoms. The summed E-state index contributed by atoms with van der Waals surface area (Å²) < 4.78 is 0. The second-order valence-electron chi connectivity index (χ2n) is 6.38. The summed E-state index contributed by atoms with van der Waals surface area (Å²) in [5, 5.41) is 2.89. The van der Waals surface area contributed by atoms with E-state index in [1.165, 1.54) is 6.92 Å². The highest BCUT2D eigenvalue weighted by Crippen LogP contribution is 2.15. The zero-order chi connectivity index (χ0) is 15.9. The van der Waals surface area contributed by atoms with E-state index >= 15 is 0 Å². The highest BCUT2D eigenvalue weighted by atomic mass is 16.2. The van der Waals surface area contributed by atoms with Crippen molar-refractivity contribution in [1.29, 1.82) is 0 Å². The summed E-state index contributed by atoms with van der Waals surface area (Å²) in [6, 6.07) is 9.37. The van der Waals surface area contributed by atoms with E-state index in [1.54, 1.807) is 0 Å². The summed E-state index contributed by atoms with van der Waals surface area (Å²) in [4.78, 5) is 26.2. The number of piperidine rings is 1. The molecule has 1 aliphatic heterocycles. The van der Waals surface area contributed by atoms with Crippen LogP contribution in [0.1, 0.15) is 32.3 Å². The third-order valence-electron chi connectivity index (χ3n) is 4.35. The molecule has 0 aliphatic carbocycles. The van der Waals surface area contributed by atoms with Gasteiger partial charge in [0.25, 0.3) is 0 Å². The van der Waals surface area contributed by atoms with Crippen LogP contribution in [0.5, 0.6) is 0 Å². The van der Waals surface area contributed by atoms with E-state index in [0.717, 1.165) is 37.4 Å². The van der Waals surface area contributed by atoms with Crippen LogP contribution in [0.2, 0.25) is 0 Å². The maximum atomic E-state index is 12.2. The molecule has 1 heterocycles. The molecule has 2 rings (SSSR count). The van der Waals surface area contributed by atoms with Gasteiger partial charge in [-0.2, -0.15) is 0 Å². The highest BCUT2D eigenvalue weighted by Gasteiger charge is 2.21. The normalized spacial score (nSPS) is 17.9. The van der Waals surface area contributed by atoms with Gasteiger partial charge in [0.15, 0.2) is 5.78 Å². The van der Waals surface area contributed by atoms with Crippen LogP contribution in [0, 0.1) is 5.92 Å². The molecule has 0 saturated carbocycles. The average molecular weight is 302 g/mol. The molecule has 1 amide bonds. The van der Waals surface area contributed by atoms with E-state index in [4.69, 9.17) is 0 Å². The lowest BCUT2D eigenvalue weighted by atomic mass is 9.99. The molecule has 0 spiro atoms. The van der Waals surface area contributed by atoms with Crippen LogP contribution >= 0.6 is 0 Å². The minimum Gasteiger partial charge on any atom is -0.345 e. The number of hydrogen-bond donors (Lipinski definition) is 1. The fraction of sp³-hybridized carbons (Fsp3) is 0.556. The van der Waals surface area contributed by atoms with Crippen molar-refractivity contribution >= 4 is 11.7 Å². The minimum absolute atomic E-state index is 0.00414. The van der Waals surface area contributed by atoms with Gasteiger partial charge in [-0.3, -0.25) is 14.5 Å². The number of nitrogens with zero attached hydrogens (tertiary/aromatic N) is 1. The number of ketones is 1. The fourth-order valence-electron chi connectivity index (χ4n) is 2.81. The van der Waals surface area contributed by atoms with Crippen molar-refractivity contribution in [3.8, 4) is 0 Å². The molecule has 4 heteroatoms. The highest BCUT2D eigenvalue weighted by molar-refractivity contribution is 5.88. The maximum absolute atomic E-state index is 12.2. The number of hydrogen-bond acceptors (Lipinski definition) is 3. The largest absolute Gasteiger partial charge is 0.345 e. The maximum Gasteiger partial charge on any atom is 0.234 e. The third kappa shape index (κ3) is 5.26. The zero-order valence-electron chi connectivity index (χ0n) is 13.5. The Balaban J connectivity index is 1.85. The van der Waals surface area contributed by atoms with E-state index in [0.29, 0.717) is 13.0 Å². The molecular formula is C18H26N2O2. The number of nitrogens with one attached hydrogen (secondary N) is 1. The number of Topliss-reactive ketones (excluding diaryl/α,β-unsaturated/α-hetero) is 1. The smallest absolute Gasteiger partial charge is 0.234 e. The number of carbonyl (C=O) groups excluding carboxylic acids is 2. The van der Waals surface area contributed by atoms with Gasteiger partial charge in [0.2, 0.25) is 5.91 Å². The summed E-state index contributed by atoms with van der Waals surface area (Å²) in [7, 11) is 0. The monoisotopic (exact) mass is 302 g/mol. The van der Waals surface area contributed by atoms with Gasteiger partial charge < -0.3 is 5.32 Å². The van der Waals surface area contributed by atoms with Crippen LogP contribution in [0.15, 0.2) is 30.3 Å². The average Bonchev–Trinajstić information content (AvgIpc) is 2.50. The topological polar surface area (TPSA) is 49.4 Å². The number of rotatable bonds is 6. The molecule has 0 radical (unpaired) electrons. The number of carbonyl (C=O) groups is 2. The van der Waals surface area contributed by atoms with Gasteiger partial charge in [0.1, 0.15) is 0 Å². The quantitative estimate of drug-likeness (QED) is 0.875. The van der Waals surface area contributed by atoms with Gasteiger partial charge in [-0.05, 0) is 50.8 Å². The molecule has 1 aliphatic rings. The first-order chi connectivity index (χ1) is 10.5. The number of benzene rings is 1. The summed E-state index contributed by atoms with van der Waals surface area (Å²) in [6.45, 7) is 6.13. The Morgan fingerprint density at radius 2 is 1.86 bits per heavy atom. The van der Waals surface area contributed by atoms with Crippen LogP contribution in [0.3, 0.4) is 0 Å². The second kappa shape index (κ2) is 8.08. The van der Waals surface area contributed by atoms with E-state index in [-0.39, 0.29) is 11.7 Å². The summed E-state index contributed by atoms with van der Waals surface area (Å²) in [6.07, 6.45) is 2.85. The second-order valence-corrected chi connectivity index (χ2v) is 6.38. The van der Waals surface area contributed by atoms with Crippen molar-refractivity contribution in [3.05, 3.63) is 35.9 Å². The minimum atomic E-state index is -0.432. The van der Waals surface area contributed by atoms with Crippen molar-refractivity contribution in [1.82, 2.24) is 10.2 Å². The first kappa shape index (κ1) is 16.7. The SMILES string of the molecule is CC(=O)[C@@H](Cc1ccccc1)NC(=O)CN1CCC(C)CC1. The lowest BCUT2D eigenvalue weighted by Gasteiger charge is -2.30. The number of amides is 1. The Hall–Kier alpha value is -1.68. The van der Waals surface area contributed by atoms with Crippen LogP contribution in [0.4, 0.5) is 0 Å². The van der Waals surface area contributed by atoms with Gasteiger partial charge in [-0.25, -0.2) is 0 Å². The number of likely N-dealkylation sites (tertiary alicyclic amines) is 1. The van der Waals surface area contributed by atoms with Crippen molar-refractivity contribution in [3.63, 3.8) is 0 Å². The van der Waals surface area contributed by atoms with Crippen molar-refractivity contribution in [2.45, 2.75) is 39.2 Å². The predicted molar refractivity (Wildman–Crippen MR) is 87.6 cm³/mol. The van der Waals surface area contributed by atoms with Crippen molar-refractivity contribution in [2.24, 2.45) is 5.92 Å². The molecule has 1 fully saturated rings. The van der Waals surface area contributed by atoms with Crippen LogP contribution in [-0.2, 0) is 16.0 Å². The predicted octanol–water partition coefficient (Wildman–Crippen LogP) is 2.03. The van der Waals surface area contributed by atoms with Crippen LogP contribution in [-0.4, -0.2) is 42.3 Å². The van der Waals surface area contributed by atoms with Crippen molar-refractivity contribution in [2.75, 3.05) is 19.6 Å². The standard InChI is InChI=1S/C18H26N2O2/c1-14-8-10-20(11-9-14)13-18(22)19-17(15(2)21)12-16-6-4-3-5-7-16/h3-7,14,17H,8-13H2,1-2H3,(H,19,22)/t17-/m1/s1. The fourth-order valence-corrected chi connectivity index (χ4v) is 2.81. The van der Waals surface area contributed by atoms with Crippen LogP contribution < -0.4 is 5.32 Å². The Morgan fingerprint density at radius 3 is 2.45 bits per heavy atom. The van der Waals surface area contributed by atoms with Crippen LogP contribution in [0.25, 0.3) is 0 Å². The van der Waals surface area contributed by atoms with E-state index in [1.807, 2.05) is 30.3 Å². The molecule has 120 valence electrons. The molecular weight excluding hydrogens is 276 g/mol. The molecule has 1 N–H and O–H groups in total. The molecule has 0 bridgehead atoms. The molecule has 1 aromatic rings. The van der Waals surface area contributed by atoms with E-state index in [2.05, 4.69) is 17.1 Å². The van der Waals surface area contributed by atoms with E-state index in [9.17, 15) is 9.59 Å². The molecule has 4 nitrogen and oxygen atoms in total. The first-order valence-corrected chi connectivity index (χ1v) is 8.10. The molecule has 0 aromatic heterocycles. The molecule has 1 saturated heterocycles. The van der Waals surface area contributed by atoms with Gasteiger partial charge in [-0.15, -0.1) is 0 Å². The zero-order valence-corrected chi connectivity index (χ0v) is 13.5. The summed E-state index contributed by atoms with van der Waals surface area (Å²) in [5.41, 5.74) is 1.06. The van der Waals surface area contributed by atoms with Gasteiger partial charge in [0.05, 0.1) is 12.6 Å². The lowest BCUT2D eigenvalue weighted by Crippen LogP contribution is -2.47. The van der Waals surface area contributed by atoms with E-state index < -0.39 is 6.04 Å². The van der Waals surface area contributed by atoms with Gasteiger partial charge in [0, 0.05) is 0 Å². The summed E-state index contributed by atoms with van der Waals surface area (Å²) in [5.74, 6) is 0.706.